The molecular formula is C21H32FN4O7P. The normalized spacial score (nSPS) is 27.6. The predicted molar refractivity (Wildman–Crippen MR) is 121 cm³/mol. The Bertz CT molecular complexity index is 1070. The summed E-state index contributed by atoms with van der Waals surface area (Å²) in [5.41, 5.74) is -0.563. The smallest absolute Gasteiger partial charge is 0.323 e. The van der Waals surface area contributed by atoms with Gasteiger partial charge in [0.2, 0.25) is 0 Å². The fraction of sp³-hybridized carbons (Fsp3) is 0.667. The molecule has 0 saturated carbocycles. The average molecular weight is 502 g/mol. The van der Waals surface area contributed by atoms with E-state index in [1.54, 1.807) is 19.9 Å². The first-order valence-electron chi connectivity index (χ1n) is 10.9. The number of fused-ring (bicyclic) bond motifs is 1. The topological polar surface area (TPSA) is 134 Å². The lowest BCUT2D eigenvalue weighted by Gasteiger charge is -2.30. The number of nitrogens with zero attached hydrogens (tertiary/aromatic N) is 3. The van der Waals surface area contributed by atoms with Crippen LogP contribution in [0.3, 0.4) is 0 Å². The number of rotatable bonds is 10. The molecule has 11 nitrogen and oxygen atoms in total. The van der Waals surface area contributed by atoms with E-state index in [9.17, 15) is 14.5 Å². The molecule has 0 spiro atoms. The Morgan fingerprint density at radius 3 is 2.74 bits per heavy atom. The Hall–Kier alpha value is -2.11. The first-order chi connectivity index (χ1) is 15.9. The van der Waals surface area contributed by atoms with Gasteiger partial charge < -0.3 is 23.8 Å². The molecular weight excluding hydrogens is 470 g/mol. The number of aliphatic hydroxyl groups is 1. The summed E-state index contributed by atoms with van der Waals surface area (Å²) in [4.78, 5) is 20.5. The summed E-state index contributed by atoms with van der Waals surface area (Å²) in [5.74, 6) is -0.0955. The van der Waals surface area contributed by atoms with Crippen LogP contribution in [0.4, 0.5) is 4.39 Å². The van der Waals surface area contributed by atoms with Crippen molar-refractivity contribution < 1.29 is 37.6 Å². The van der Waals surface area contributed by atoms with E-state index in [2.05, 4.69) is 15.1 Å². The number of aliphatic hydroxyl groups excluding tert-OH is 1. The molecule has 1 aliphatic rings. The van der Waals surface area contributed by atoms with E-state index in [1.165, 1.54) is 44.7 Å². The van der Waals surface area contributed by atoms with Crippen LogP contribution in [-0.2, 0) is 23.4 Å². The number of pyridine rings is 1. The van der Waals surface area contributed by atoms with Crippen LogP contribution >= 0.6 is 7.52 Å². The molecule has 1 fully saturated rings. The maximum absolute atomic E-state index is 15.6. The summed E-state index contributed by atoms with van der Waals surface area (Å²) in [6, 6.07) is 0.757. The molecule has 0 amide bonds. The number of carbonyl (C=O) groups excluding carboxylic acids is 1. The summed E-state index contributed by atoms with van der Waals surface area (Å²) >= 11 is 0. The molecule has 2 unspecified atom stereocenters. The molecule has 13 heteroatoms. The third kappa shape index (κ3) is 5.26. The molecule has 0 radical (unpaired) electrons. The van der Waals surface area contributed by atoms with E-state index in [0.29, 0.717) is 16.9 Å². The lowest BCUT2D eigenvalue weighted by molar-refractivity contribution is -0.149. The van der Waals surface area contributed by atoms with E-state index in [4.69, 9.17) is 18.7 Å². The van der Waals surface area contributed by atoms with E-state index in [-0.39, 0.29) is 12.7 Å². The average Bonchev–Trinajstić information content (AvgIpc) is 3.31. The van der Waals surface area contributed by atoms with Gasteiger partial charge in [-0.25, -0.2) is 19.4 Å². The van der Waals surface area contributed by atoms with Gasteiger partial charge in [-0.05, 0) is 20.8 Å². The van der Waals surface area contributed by atoms with E-state index in [1.807, 2.05) is 0 Å². The SMILES string of the molecule is COc1ccnc2c1ncn2[C@@H]1O[C@H](COP(C)(=O)N[C@@H](C)C(=O)OC(C)C)[C@](C)(CO)C1F. The van der Waals surface area contributed by atoms with E-state index in [0.717, 1.165) is 0 Å². The van der Waals surface area contributed by atoms with Crippen molar-refractivity contribution in [3.63, 3.8) is 0 Å². The number of imidazole rings is 1. The van der Waals surface area contributed by atoms with Crippen molar-refractivity contribution >= 4 is 24.7 Å². The highest BCUT2D eigenvalue weighted by atomic mass is 31.2. The lowest BCUT2D eigenvalue weighted by atomic mass is 9.82. The zero-order chi connectivity index (χ0) is 25.3. The highest BCUT2D eigenvalue weighted by Crippen LogP contribution is 2.48. The van der Waals surface area contributed by atoms with Crippen molar-refractivity contribution in [3.8, 4) is 5.75 Å². The van der Waals surface area contributed by atoms with Crippen molar-refractivity contribution in [3.05, 3.63) is 18.6 Å². The number of alkyl halides is 1. The number of aromatic nitrogens is 3. The summed E-state index contributed by atoms with van der Waals surface area (Å²) in [6.45, 7) is 6.92. The molecule has 0 bridgehead atoms. The minimum Gasteiger partial charge on any atom is -0.494 e. The maximum atomic E-state index is 15.6. The standard InChI is InChI=1S/C21H32FN4O7P/c1-12(2)32-20(28)13(3)25-34(6,29)31-9-15-21(4,10-27)17(22)19(33-15)26-11-24-16-14(30-5)7-8-23-18(16)26/h7-8,11-13,15,17,19,27H,9-10H2,1-6H3,(H,25,29)/t13-,15+,17?,19+,21-,34?/m0/s1. The van der Waals surface area contributed by atoms with Gasteiger partial charge in [-0.15, -0.1) is 0 Å². The third-order valence-corrected chi connectivity index (χ3v) is 7.28. The number of esters is 1. The summed E-state index contributed by atoms with van der Waals surface area (Å²) in [5, 5.41) is 12.7. The zero-order valence-electron chi connectivity index (χ0n) is 20.1. The fourth-order valence-electron chi connectivity index (χ4n) is 3.77. The van der Waals surface area contributed by atoms with Gasteiger partial charge in [0.05, 0.1) is 44.3 Å². The number of hydrogen-bond donors (Lipinski definition) is 2. The monoisotopic (exact) mass is 502 g/mol. The number of methoxy groups -OCH3 is 1. The molecule has 2 aromatic rings. The first-order valence-corrected chi connectivity index (χ1v) is 13.0. The number of halogens is 1. The molecule has 2 aromatic heterocycles. The van der Waals surface area contributed by atoms with E-state index >= 15 is 4.39 Å². The zero-order valence-corrected chi connectivity index (χ0v) is 21.0. The Balaban J connectivity index is 1.75. The quantitative estimate of drug-likeness (QED) is 0.369. The summed E-state index contributed by atoms with van der Waals surface area (Å²) in [7, 11) is -2.00. The lowest BCUT2D eigenvalue weighted by Crippen LogP contribution is -2.41. The molecule has 0 aromatic carbocycles. The van der Waals surface area contributed by atoms with Gasteiger partial charge in [-0.1, -0.05) is 6.92 Å². The van der Waals surface area contributed by atoms with Crippen molar-refractivity contribution in [2.24, 2.45) is 5.41 Å². The highest BCUT2D eigenvalue weighted by molar-refractivity contribution is 7.56. The Kier molecular flexibility index (Phi) is 7.99. The van der Waals surface area contributed by atoms with E-state index < -0.39 is 50.1 Å². The van der Waals surface area contributed by atoms with Gasteiger partial charge >= 0.3 is 5.97 Å². The van der Waals surface area contributed by atoms with Gasteiger partial charge in [0.15, 0.2) is 18.0 Å². The van der Waals surface area contributed by atoms with Crippen molar-refractivity contribution in [2.45, 2.75) is 58.3 Å². The summed E-state index contributed by atoms with van der Waals surface area (Å²) < 4.78 is 51.8. The van der Waals surface area contributed by atoms with Gasteiger partial charge in [0.25, 0.3) is 7.52 Å². The van der Waals surface area contributed by atoms with Crippen LogP contribution in [0.1, 0.15) is 33.9 Å². The number of carbonyl (C=O) groups is 1. The van der Waals surface area contributed by atoms with Gasteiger partial charge in [-0.3, -0.25) is 13.9 Å². The highest BCUT2D eigenvalue weighted by Gasteiger charge is 2.55. The van der Waals surface area contributed by atoms with Crippen LogP contribution in [0.25, 0.3) is 11.2 Å². The third-order valence-electron chi connectivity index (χ3n) is 5.78. The van der Waals surface area contributed by atoms with Gasteiger partial charge in [0, 0.05) is 18.9 Å². The number of hydrogen-bond acceptors (Lipinski definition) is 9. The van der Waals surface area contributed by atoms with Gasteiger partial charge in [0.1, 0.15) is 17.3 Å². The second kappa shape index (κ2) is 10.2. The number of nitrogens with one attached hydrogen (secondary N) is 1. The van der Waals surface area contributed by atoms with Crippen molar-refractivity contribution in [1.82, 2.24) is 19.6 Å². The van der Waals surface area contributed by atoms with Crippen LogP contribution in [-0.4, -0.2) is 77.0 Å². The fourth-order valence-corrected chi connectivity index (χ4v) is 5.07. The molecule has 1 aliphatic heterocycles. The van der Waals surface area contributed by atoms with Crippen LogP contribution in [0.5, 0.6) is 5.75 Å². The largest absolute Gasteiger partial charge is 0.494 e. The molecule has 6 atom stereocenters. The second-order valence-electron chi connectivity index (χ2n) is 8.90. The first kappa shape index (κ1) is 26.5. The van der Waals surface area contributed by atoms with Crippen molar-refractivity contribution in [1.29, 1.82) is 0 Å². The van der Waals surface area contributed by atoms with Crippen LogP contribution in [0.15, 0.2) is 18.6 Å². The minimum absolute atomic E-state index is 0.288. The minimum atomic E-state index is -3.50. The molecule has 1 saturated heterocycles. The number of ether oxygens (including phenoxy) is 3. The van der Waals surface area contributed by atoms with Crippen LogP contribution in [0.2, 0.25) is 0 Å². The Morgan fingerprint density at radius 2 is 2.12 bits per heavy atom. The molecule has 34 heavy (non-hydrogen) atoms. The van der Waals surface area contributed by atoms with Crippen LogP contribution < -0.4 is 9.82 Å². The van der Waals surface area contributed by atoms with Gasteiger partial charge in [-0.2, -0.15) is 0 Å². The molecule has 3 rings (SSSR count). The molecule has 3 heterocycles. The van der Waals surface area contributed by atoms with Crippen molar-refractivity contribution in [2.75, 3.05) is 27.0 Å². The second-order valence-corrected chi connectivity index (χ2v) is 11.1. The summed E-state index contributed by atoms with van der Waals surface area (Å²) in [6.07, 6.45) is -1.17. The Labute approximate surface area is 197 Å². The molecule has 0 aliphatic carbocycles. The van der Waals surface area contributed by atoms with Crippen LogP contribution in [0, 0.1) is 5.41 Å². The molecule has 2 N–H and O–H groups in total. The Morgan fingerprint density at radius 1 is 1.41 bits per heavy atom. The maximum Gasteiger partial charge on any atom is 0.323 e. The molecule has 190 valence electrons. The predicted octanol–water partition coefficient (Wildman–Crippen LogP) is 2.44.